The summed E-state index contributed by atoms with van der Waals surface area (Å²) < 4.78 is 6.06. The van der Waals surface area contributed by atoms with E-state index in [2.05, 4.69) is 16.8 Å². The lowest BCUT2D eigenvalue weighted by molar-refractivity contribution is -0.115. The van der Waals surface area contributed by atoms with Gasteiger partial charge >= 0.3 is 0 Å². The van der Waals surface area contributed by atoms with Crippen LogP contribution >= 0.6 is 23.2 Å². The van der Waals surface area contributed by atoms with Gasteiger partial charge in [0.05, 0.1) is 6.54 Å². The molecule has 0 bridgehead atoms. The third kappa shape index (κ3) is 7.06. The Labute approximate surface area is 176 Å². The zero-order valence-corrected chi connectivity index (χ0v) is 17.6. The van der Waals surface area contributed by atoms with Crippen LogP contribution in [-0.2, 0) is 4.79 Å². The highest BCUT2D eigenvalue weighted by Gasteiger charge is 2.23. The molecule has 1 aromatic rings. The van der Waals surface area contributed by atoms with Crippen LogP contribution in [0.1, 0.15) is 19.8 Å². The fourth-order valence-electron chi connectivity index (χ4n) is 2.74. The largest absolute Gasteiger partial charge is 0.490 e. The van der Waals surface area contributed by atoms with E-state index < -0.39 is 0 Å². The van der Waals surface area contributed by atoms with Crippen molar-refractivity contribution >= 4 is 34.9 Å². The molecule has 150 valence electrons. The van der Waals surface area contributed by atoms with Crippen molar-refractivity contribution < 1.29 is 9.53 Å². The molecule has 1 N–H and O–H groups in total. The molecule has 0 spiro atoms. The number of rotatable bonds is 7. The van der Waals surface area contributed by atoms with Gasteiger partial charge < -0.3 is 15.0 Å². The zero-order chi connectivity index (χ0) is 20.5. The molecule has 0 aliphatic carbocycles. The Balaban J connectivity index is 2.07. The number of nitrogens with zero attached hydrogens (tertiary/aromatic N) is 2. The number of hydrogen-bond acceptors (Lipinski definition) is 3. The topological polar surface area (TPSA) is 53.9 Å². The molecular weight excluding hydrogens is 397 g/mol. The molecule has 0 aromatic heterocycles. The number of ether oxygens (including phenoxy) is 1. The second-order valence-corrected chi connectivity index (χ2v) is 7.28. The molecule has 1 amide bonds. The molecule has 1 fully saturated rings. The van der Waals surface area contributed by atoms with Crippen molar-refractivity contribution in [1.82, 2.24) is 10.2 Å². The van der Waals surface area contributed by atoms with Gasteiger partial charge in [-0.05, 0) is 37.3 Å². The van der Waals surface area contributed by atoms with Crippen LogP contribution < -0.4 is 10.1 Å². The van der Waals surface area contributed by atoms with Gasteiger partial charge in [0, 0.05) is 42.2 Å². The van der Waals surface area contributed by atoms with E-state index in [0.717, 1.165) is 18.8 Å². The second-order valence-electron chi connectivity index (χ2n) is 6.40. The summed E-state index contributed by atoms with van der Waals surface area (Å²) in [4.78, 5) is 18.4. The average Bonchev–Trinajstić information content (AvgIpc) is 2.65. The fraction of sp³-hybridized carbons (Fsp3) is 0.333. The van der Waals surface area contributed by atoms with Crippen molar-refractivity contribution in [2.45, 2.75) is 25.9 Å². The van der Waals surface area contributed by atoms with Crippen LogP contribution in [0.2, 0.25) is 10.0 Å². The predicted octanol–water partition coefficient (Wildman–Crippen LogP) is 4.63. The number of hydrogen-bond donors (Lipinski definition) is 1. The van der Waals surface area contributed by atoms with Crippen LogP contribution in [0.4, 0.5) is 0 Å². The summed E-state index contributed by atoms with van der Waals surface area (Å²) in [5, 5.41) is 3.87. The second kappa shape index (κ2) is 10.9. The Hall–Kier alpha value is -2.24. The fourth-order valence-corrected chi connectivity index (χ4v) is 3.24. The number of halogens is 2. The van der Waals surface area contributed by atoms with E-state index in [-0.39, 0.29) is 12.0 Å². The molecular formula is C21H25Cl2N3O2. The lowest BCUT2D eigenvalue weighted by Gasteiger charge is -2.32. The lowest BCUT2D eigenvalue weighted by atomic mass is 10.1. The van der Waals surface area contributed by atoms with Crippen molar-refractivity contribution in [1.29, 1.82) is 0 Å². The molecule has 5 nitrogen and oxygen atoms in total. The van der Waals surface area contributed by atoms with Crippen LogP contribution in [0, 0.1) is 0 Å². The molecule has 28 heavy (non-hydrogen) atoms. The molecule has 1 unspecified atom stereocenters. The third-order valence-corrected chi connectivity index (χ3v) is 4.60. The van der Waals surface area contributed by atoms with Gasteiger partial charge in [-0.15, -0.1) is 0 Å². The summed E-state index contributed by atoms with van der Waals surface area (Å²) in [6, 6.07) is 5.18. The summed E-state index contributed by atoms with van der Waals surface area (Å²) in [6.07, 6.45) is 8.33. The monoisotopic (exact) mass is 421 g/mol. The van der Waals surface area contributed by atoms with Crippen molar-refractivity contribution in [2.75, 3.05) is 20.1 Å². The van der Waals surface area contributed by atoms with Crippen molar-refractivity contribution in [3.8, 4) is 5.75 Å². The van der Waals surface area contributed by atoms with E-state index in [4.69, 9.17) is 32.9 Å². The van der Waals surface area contributed by atoms with Crippen LogP contribution in [0.15, 0.2) is 59.8 Å². The minimum atomic E-state index is -0.257. The first-order valence-corrected chi connectivity index (χ1v) is 9.79. The molecule has 1 heterocycles. The highest BCUT2D eigenvalue weighted by molar-refractivity contribution is 6.34. The number of benzene rings is 1. The van der Waals surface area contributed by atoms with E-state index >= 15 is 0 Å². The highest BCUT2D eigenvalue weighted by atomic mass is 35.5. The van der Waals surface area contributed by atoms with Gasteiger partial charge in [-0.1, -0.05) is 41.9 Å². The number of piperidine rings is 1. The maximum Gasteiger partial charge on any atom is 0.247 e. The van der Waals surface area contributed by atoms with E-state index in [0.29, 0.717) is 34.5 Å². The van der Waals surface area contributed by atoms with Crippen LogP contribution in [0.3, 0.4) is 0 Å². The van der Waals surface area contributed by atoms with Crippen molar-refractivity contribution in [3.63, 3.8) is 0 Å². The van der Waals surface area contributed by atoms with Gasteiger partial charge in [-0.3, -0.25) is 9.79 Å². The maximum atomic E-state index is 11.6. The van der Waals surface area contributed by atoms with Crippen molar-refractivity contribution in [2.24, 2.45) is 4.99 Å². The minimum Gasteiger partial charge on any atom is -0.490 e. The molecule has 1 aliphatic rings. The number of carbonyl (C=O) groups is 1. The summed E-state index contributed by atoms with van der Waals surface area (Å²) in [5.41, 5.74) is 0.702. The van der Waals surface area contributed by atoms with E-state index in [1.165, 1.54) is 6.08 Å². The van der Waals surface area contributed by atoms with E-state index in [9.17, 15) is 4.79 Å². The molecule has 1 saturated heterocycles. The van der Waals surface area contributed by atoms with Gasteiger partial charge in [0.25, 0.3) is 0 Å². The van der Waals surface area contributed by atoms with Crippen LogP contribution in [-0.4, -0.2) is 42.9 Å². The predicted molar refractivity (Wildman–Crippen MR) is 116 cm³/mol. The molecule has 0 saturated carbocycles. The number of amides is 1. The molecule has 1 atom stereocenters. The first-order valence-electron chi connectivity index (χ1n) is 9.03. The number of likely N-dealkylation sites (tertiary alicyclic amines) is 1. The summed E-state index contributed by atoms with van der Waals surface area (Å²) in [5.74, 6) is 1.31. The molecule has 1 aliphatic heterocycles. The Morgan fingerprint density at radius 1 is 1.39 bits per heavy atom. The van der Waals surface area contributed by atoms with Crippen LogP contribution in [0.5, 0.6) is 5.75 Å². The van der Waals surface area contributed by atoms with Gasteiger partial charge in [0.2, 0.25) is 5.91 Å². The Bertz CT molecular complexity index is 783. The first-order chi connectivity index (χ1) is 13.4. The van der Waals surface area contributed by atoms with Crippen molar-refractivity contribution in [3.05, 3.63) is 64.8 Å². The average molecular weight is 422 g/mol. The summed E-state index contributed by atoms with van der Waals surface area (Å²) in [6.45, 7) is 6.58. The molecule has 2 rings (SSSR count). The van der Waals surface area contributed by atoms with Gasteiger partial charge in [-0.2, -0.15) is 0 Å². The van der Waals surface area contributed by atoms with Gasteiger partial charge in [0.15, 0.2) is 0 Å². The number of aliphatic imine (C=N–C) groups is 1. The normalized spacial score (nSPS) is 19.1. The Kier molecular flexibility index (Phi) is 8.61. The Morgan fingerprint density at radius 2 is 2.11 bits per heavy atom. The van der Waals surface area contributed by atoms with Gasteiger partial charge in [0.1, 0.15) is 17.7 Å². The Morgan fingerprint density at radius 3 is 2.75 bits per heavy atom. The minimum absolute atomic E-state index is 0.0183. The number of amidine groups is 1. The number of carbonyl (C=O) groups excluding carboxylic acids is 1. The smallest absolute Gasteiger partial charge is 0.247 e. The molecule has 0 radical (unpaired) electrons. The highest BCUT2D eigenvalue weighted by Crippen LogP contribution is 2.27. The lowest BCUT2D eigenvalue weighted by Crippen LogP contribution is -2.40. The van der Waals surface area contributed by atoms with E-state index in [1.54, 1.807) is 18.2 Å². The summed E-state index contributed by atoms with van der Waals surface area (Å²) in [7, 11) is 2.00. The quantitative estimate of drug-likeness (QED) is 0.515. The molecule has 7 heteroatoms. The molecule has 1 aromatic carbocycles. The first kappa shape index (κ1) is 22.1. The number of nitrogens with one attached hydrogen (secondary N) is 1. The van der Waals surface area contributed by atoms with E-state index in [1.807, 2.05) is 32.2 Å². The maximum absolute atomic E-state index is 11.6. The number of allylic oxidation sites excluding steroid dienone is 3. The van der Waals surface area contributed by atoms with Gasteiger partial charge in [-0.25, -0.2) is 0 Å². The SMILES string of the molecule is C=CC(=O)NC(=CC=CC)CN=C1CC(Oc2cc(Cl)cc(Cl)c2)CCN1C. The third-order valence-electron chi connectivity index (χ3n) is 4.17. The standard InChI is InChI=1S/C21H25Cl2N3O2/c1-4-6-7-17(25-21(27)5-2)14-24-20-13-18(8-9-26(20)3)28-19-11-15(22)10-16(23)12-19/h4-7,10-12,18H,2,8-9,13-14H2,1,3H3,(H,25,27). The summed E-state index contributed by atoms with van der Waals surface area (Å²) >= 11 is 12.1. The van der Waals surface area contributed by atoms with Crippen LogP contribution in [0.25, 0.3) is 0 Å². The zero-order valence-electron chi connectivity index (χ0n) is 16.1.